The molecule has 1 aromatic rings. The molecular formula is C18H22N2O4. The van der Waals surface area contributed by atoms with Gasteiger partial charge in [0.1, 0.15) is 0 Å². The third kappa shape index (κ3) is 2.90. The van der Waals surface area contributed by atoms with E-state index in [2.05, 4.69) is 11.1 Å². The molecule has 2 unspecified atom stereocenters. The lowest BCUT2D eigenvalue weighted by atomic mass is 9.62. The van der Waals surface area contributed by atoms with Crippen molar-refractivity contribution in [3.8, 4) is 6.07 Å². The molecule has 3 heterocycles. The molecule has 0 saturated carbocycles. The van der Waals surface area contributed by atoms with Gasteiger partial charge >= 0.3 is 5.97 Å². The van der Waals surface area contributed by atoms with E-state index in [0.717, 1.165) is 18.5 Å². The van der Waals surface area contributed by atoms with Crippen LogP contribution in [0, 0.1) is 17.2 Å². The number of rotatable bonds is 3. The van der Waals surface area contributed by atoms with Crippen LogP contribution in [0.4, 0.5) is 0 Å². The Morgan fingerprint density at radius 1 is 1.33 bits per heavy atom. The number of nitrogens with zero attached hydrogens (tertiary/aromatic N) is 2. The number of nitriles is 1. The molecule has 0 N–H and O–H groups in total. The first-order chi connectivity index (χ1) is 11.7. The van der Waals surface area contributed by atoms with E-state index in [1.54, 1.807) is 6.20 Å². The summed E-state index contributed by atoms with van der Waals surface area (Å²) in [5.74, 6) is -1.41. The first-order valence-corrected chi connectivity index (χ1v) is 8.26. The van der Waals surface area contributed by atoms with Crippen molar-refractivity contribution >= 4 is 5.97 Å². The fourth-order valence-corrected chi connectivity index (χ4v) is 4.02. The lowest BCUT2D eigenvalue weighted by molar-refractivity contribution is -0.168. The number of carbonyl (C=O) groups is 1. The minimum Gasteiger partial charge on any atom is -0.468 e. The second-order valence-corrected chi connectivity index (χ2v) is 6.53. The summed E-state index contributed by atoms with van der Waals surface area (Å²) in [6, 6.07) is 7.80. The Bertz CT molecular complexity index is 616. The van der Waals surface area contributed by atoms with Crippen LogP contribution in [0.2, 0.25) is 0 Å². The molecule has 2 aliphatic heterocycles. The summed E-state index contributed by atoms with van der Waals surface area (Å²) in [6.45, 7) is 1.76. The number of hydrogen-bond acceptors (Lipinski definition) is 6. The molecule has 2 fully saturated rings. The highest BCUT2D eigenvalue weighted by Gasteiger charge is 2.54. The molecule has 0 aliphatic carbocycles. The minimum atomic E-state index is -0.902. The molecule has 2 atom stereocenters. The van der Waals surface area contributed by atoms with Gasteiger partial charge in [-0.1, -0.05) is 6.07 Å². The first kappa shape index (κ1) is 16.9. The Labute approximate surface area is 141 Å². The number of hydrogen-bond donors (Lipinski definition) is 0. The van der Waals surface area contributed by atoms with Gasteiger partial charge in [-0.25, -0.2) is 0 Å². The van der Waals surface area contributed by atoms with Crippen molar-refractivity contribution in [2.24, 2.45) is 5.92 Å². The van der Waals surface area contributed by atoms with Crippen LogP contribution < -0.4 is 0 Å². The zero-order valence-corrected chi connectivity index (χ0v) is 13.9. The van der Waals surface area contributed by atoms with Gasteiger partial charge in [-0.15, -0.1) is 0 Å². The lowest BCUT2D eigenvalue weighted by Crippen LogP contribution is -2.54. The normalized spacial score (nSPS) is 27.2. The van der Waals surface area contributed by atoms with Crippen molar-refractivity contribution < 1.29 is 19.0 Å². The SMILES string of the molecule is COC(=O)C(C#N)C1(c2ccccn2)CCOC2(CCOCC2)C1. The number of ether oxygens (including phenoxy) is 3. The molecule has 128 valence electrons. The second-order valence-electron chi connectivity index (χ2n) is 6.53. The monoisotopic (exact) mass is 330 g/mol. The van der Waals surface area contributed by atoms with Crippen molar-refractivity contribution in [3.05, 3.63) is 30.1 Å². The van der Waals surface area contributed by atoms with Crippen LogP contribution in [-0.2, 0) is 24.4 Å². The van der Waals surface area contributed by atoms with Gasteiger partial charge in [-0.3, -0.25) is 9.78 Å². The standard InChI is InChI=1S/C18H22N2O4/c1-22-16(21)14(12-19)18(15-4-2-3-8-20-15)7-11-24-17(13-18)5-9-23-10-6-17/h2-4,8,14H,5-7,9-11,13H2,1H3. The van der Waals surface area contributed by atoms with Crippen LogP contribution in [-0.4, -0.2) is 43.5 Å². The molecule has 24 heavy (non-hydrogen) atoms. The Kier molecular flexibility index (Phi) is 4.83. The first-order valence-electron chi connectivity index (χ1n) is 8.26. The Balaban J connectivity index is 2.05. The van der Waals surface area contributed by atoms with Gasteiger partial charge in [0, 0.05) is 37.1 Å². The van der Waals surface area contributed by atoms with Gasteiger partial charge in [0.25, 0.3) is 0 Å². The predicted molar refractivity (Wildman–Crippen MR) is 85.0 cm³/mol. The molecule has 2 aliphatic rings. The molecule has 0 amide bonds. The lowest BCUT2D eigenvalue weighted by Gasteiger charge is -2.50. The maximum absolute atomic E-state index is 12.4. The van der Waals surface area contributed by atoms with Gasteiger partial charge in [0.2, 0.25) is 0 Å². The number of carbonyl (C=O) groups excluding carboxylic acids is 1. The highest BCUT2D eigenvalue weighted by molar-refractivity contribution is 5.77. The molecule has 2 saturated heterocycles. The highest BCUT2D eigenvalue weighted by atomic mass is 16.5. The van der Waals surface area contributed by atoms with Crippen LogP contribution in [0.1, 0.15) is 31.4 Å². The van der Waals surface area contributed by atoms with Gasteiger partial charge in [-0.2, -0.15) is 5.26 Å². The average molecular weight is 330 g/mol. The van der Waals surface area contributed by atoms with E-state index in [1.807, 2.05) is 18.2 Å². The quantitative estimate of drug-likeness (QED) is 0.788. The molecule has 1 spiro atoms. The van der Waals surface area contributed by atoms with Crippen LogP contribution in [0.25, 0.3) is 0 Å². The molecule has 6 nitrogen and oxygen atoms in total. The smallest absolute Gasteiger partial charge is 0.324 e. The average Bonchev–Trinajstić information content (AvgIpc) is 2.63. The summed E-state index contributed by atoms with van der Waals surface area (Å²) in [7, 11) is 1.32. The summed E-state index contributed by atoms with van der Waals surface area (Å²) >= 11 is 0. The van der Waals surface area contributed by atoms with E-state index in [-0.39, 0.29) is 5.60 Å². The Morgan fingerprint density at radius 2 is 2.12 bits per heavy atom. The molecule has 6 heteroatoms. The highest BCUT2D eigenvalue weighted by Crippen LogP contribution is 2.49. The number of pyridine rings is 1. The van der Waals surface area contributed by atoms with E-state index in [9.17, 15) is 10.1 Å². The van der Waals surface area contributed by atoms with Crippen molar-refractivity contribution in [1.29, 1.82) is 5.26 Å². The summed E-state index contributed by atoms with van der Waals surface area (Å²) in [5.41, 5.74) is -0.299. The largest absolute Gasteiger partial charge is 0.468 e. The molecular weight excluding hydrogens is 308 g/mol. The van der Waals surface area contributed by atoms with Crippen LogP contribution in [0.5, 0.6) is 0 Å². The fourth-order valence-electron chi connectivity index (χ4n) is 4.02. The zero-order chi connectivity index (χ0) is 17.0. The summed E-state index contributed by atoms with van der Waals surface area (Å²) in [4.78, 5) is 16.8. The van der Waals surface area contributed by atoms with Gasteiger partial charge in [-0.05, 0) is 37.8 Å². The number of esters is 1. The maximum atomic E-state index is 12.4. The minimum absolute atomic E-state index is 0.364. The number of aromatic nitrogens is 1. The van der Waals surface area contributed by atoms with E-state index < -0.39 is 17.3 Å². The Morgan fingerprint density at radius 3 is 2.75 bits per heavy atom. The molecule has 1 aromatic heterocycles. The zero-order valence-electron chi connectivity index (χ0n) is 13.9. The van der Waals surface area contributed by atoms with Crippen LogP contribution in [0.3, 0.4) is 0 Å². The molecule has 0 aromatic carbocycles. The van der Waals surface area contributed by atoms with Gasteiger partial charge < -0.3 is 14.2 Å². The van der Waals surface area contributed by atoms with Gasteiger partial charge in [0.05, 0.1) is 18.8 Å². The summed E-state index contributed by atoms with van der Waals surface area (Å²) < 4.78 is 16.5. The predicted octanol–water partition coefficient (Wildman–Crippen LogP) is 1.99. The molecule has 0 bridgehead atoms. The second kappa shape index (κ2) is 6.88. The van der Waals surface area contributed by atoms with Crippen molar-refractivity contribution in [1.82, 2.24) is 4.98 Å². The maximum Gasteiger partial charge on any atom is 0.324 e. The van der Waals surface area contributed by atoms with Crippen molar-refractivity contribution in [2.75, 3.05) is 26.9 Å². The number of methoxy groups -OCH3 is 1. The van der Waals surface area contributed by atoms with Crippen LogP contribution >= 0.6 is 0 Å². The molecule has 0 radical (unpaired) electrons. The summed E-state index contributed by atoms with van der Waals surface area (Å²) in [6.07, 6.45) is 4.38. The van der Waals surface area contributed by atoms with Crippen molar-refractivity contribution in [2.45, 2.75) is 36.7 Å². The topological polar surface area (TPSA) is 81.4 Å². The Hall–Kier alpha value is -1.97. The van der Waals surface area contributed by atoms with Crippen LogP contribution in [0.15, 0.2) is 24.4 Å². The van der Waals surface area contributed by atoms with E-state index >= 15 is 0 Å². The summed E-state index contributed by atoms with van der Waals surface area (Å²) in [5, 5.41) is 9.75. The molecule has 3 rings (SSSR count). The fraction of sp³-hybridized carbons (Fsp3) is 0.611. The third-order valence-corrected chi connectivity index (χ3v) is 5.29. The van der Waals surface area contributed by atoms with Crippen molar-refractivity contribution in [3.63, 3.8) is 0 Å². The third-order valence-electron chi connectivity index (χ3n) is 5.29. The van der Waals surface area contributed by atoms with Gasteiger partial charge in [0.15, 0.2) is 5.92 Å². The van der Waals surface area contributed by atoms with E-state index in [4.69, 9.17) is 14.2 Å². The van der Waals surface area contributed by atoms with E-state index in [1.165, 1.54) is 7.11 Å². The van der Waals surface area contributed by atoms with E-state index in [0.29, 0.717) is 32.7 Å².